The van der Waals surface area contributed by atoms with E-state index in [1.807, 2.05) is 12.1 Å². The van der Waals surface area contributed by atoms with Gasteiger partial charge < -0.3 is 5.32 Å². The van der Waals surface area contributed by atoms with Crippen LogP contribution in [0.5, 0.6) is 0 Å². The Morgan fingerprint density at radius 2 is 2.00 bits per heavy atom. The fraction of sp³-hybridized carbons (Fsp3) is 0.250. The lowest BCUT2D eigenvalue weighted by Crippen LogP contribution is -2.15. The fourth-order valence-corrected chi connectivity index (χ4v) is 2.59. The van der Waals surface area contributed by atoms with Crippen molar-refractivity contribution in [2.45, 2.75) is 25.7 Å². The highest BCUT2D eigenvalue weighted by atomic mass is 16.1. The van der Waals surface area contributed by atoms with Gasteiger partial charge in [-0.2, -0.15) is 0 Å². The predicted molar refractivity (Wildman–Crippen MR) is 75.3 cm³/mol. The van der Waals surface area contributed by atoms with Crippen LogP contribution in [0.1, 0.15) is 34.3 Å². The summed E-state index contributed by atoms with van der Waals surface area (Å²) in [5.41, 5.74) is 4.21. The Hall–Kier alpha value is -2.16. The molecule has 1 aliphatic carbocycles. The Morgan fingerprint density at radius 1 is 1.11 bits per heavy atom. The summed E-state index contributed by atoms with van der Waals surface area (Å²) in [6.45, 7) is 0. The fourth-order valence-electron chi connectivity index (χ4n) is 2.59. The number of carbonyl (C=O) groups is 1. The van der Waals surface area contributed by atoms with Gasteiger partial charge in [-0.25, -0.2) is 0 Å². The molecule has 2 aromatic rings. The number of benzene rings is 1. The quantitative estimate of drug-likeness (QED) is 0.891. The van der Waals surface area contributed by atoms with Crippen LogP contribution < -0.4 is 5.32 Å². The third kappa shape index (κ3) is 2.50. The van der Waals surface area contributed by atoms with Gasteiger partial charge >= 0.3 is 0 Å². The average molecular weight is 252 g/mol. The molecule has 1 N–H and O–H groups in total. The summed E-state index contributed by atoms with van der Waals surface area (Å²) in [5, 5.41) is 3.01. The van der Waals surface area contributed by atoms with Gasteiger partial charge in [-0.15, -0.1) is 0 Å². The van der Waals surface area contributed by atoms with Crippen LogP contribution in [-0.4, -0.2) is 10.9 Å². The summed E-state index contributed by atoms with van der Waals surface area (Å²) in [6, 6.07) is 9.71. The van der Waals surface area contributed by atoms with E-state index in [0.29, 0.717) is 5.56 Å². The second-order valence-corrected chi connectivity index (χ2v) is 4.85. The van der Waals surface area contributed by atoms with Gasteiger partial charge in [0.25, 0.3) is 5.91 Å². The molecule has 0 aliphatic heterocycles. The molecule has 1 aliphatic rings. The van der Waals surface area contributed by atoms with Crippen LogP contribution in [0.4, 0.5) is 5.69 Å². The molecule has 0 bridgehead atoms. The number of fused-ring (bicyclic) bond motifs is 1. The van der Waals surface area contributed by atoms with Crippen molar-refractivity contribution in [2.24, 2.45) is 0 Å². The van der Waals surface area contributed by atoms with Gasteiger partial charge in [0.15, 0.2) is 0 Å². The SMILES string of the molecule is O=C(Nc1cccc2c1CCCC2)c1cccnc1. The first-order valence-electron chi connectivity index (χ1n) is 6.67. The molecule has 0 fully saturated rings. The van der Waals surface area contributed by atoms with Crippen molar-refractivity contribution in [2.75, 3.05) is 5.32 Å². The number of carbonyl (C=O) groups excluding carboxylic acids is 1. The zero-order valence-electron chi connectivity index (χ0n) is 10.7. The molecule has 3 rings (SSSR count). The number of pyridine rings is 1. The number of hydrogen-bond acceptors (Lipinski definition) is 2. The van der Waals surface area contributed by atoms with Crippen LogP contribution in [0.3, 0.4) is 0 Å². The predicted octanol–water partition coefficient (Wildman–Crippen LogP) is 3.21. The third-order valence-electron chi connectivity index (χ3n) is 3.57. The Kier molecular flexibility index (Phi) is 3.27. The first-order chi connectivity index (χ1) is 9.34. The van der Waals surface area contributed by atoms with E-state index in [4.69, 9.17) is 0 Å². The molecule has 0 radical (unpaired) electrons. The molecule has 0 atom stereocenters. The molecule has 0 saturated heterocycles. The van der Waals surface area contributed by atoms with Crippen molar-refractivity contribution in [3.8, 4) is 0 Å². The molecule has 1 heterocycles. The Labute approximate surface area is 112 Å². The molecule has 1 aromatic heterocycles. The van der Waals surface area contributed by atoms with Crippen LogP contribution in [0.15, 0.2) is 42.7 Å². The van der Waals surface area contributed by atoms with E-state index in [2.05, 4.69) is 16.4 Å². The van der Waals surface area contributed by atoms with Crippen molar-refractivity contribution >= 4 is 11.6 Å². The number of aromatic nitrogens is 1. The number of hydrogen-bond donors (Lipinski definition) is 1. The van der Waals surface area contributed by atoms with E-state index >= 15 is 0 Å². The number of rotatable bonds is 2. The van der Waals surface area contributed by atoms with Crippen molar-refractivity contribution in [3.05, 3.63) is 59.4 Å². The molecule has 3 nitrogen and oxygen atoms in total. The Morgan fingerprint density at radius 3 is 2.84 bits per heavy atom. The van der Waals surface area contributed by atoms with Gasteiger partial charge in [0.05, 0.1) is 5.56 Å². The average Bonchev–Trinajstić information content (AvgIpc) is 2.48. The molecular weight excluding hydrogens is 236 g/mol. The summed E-state index contributed by atoms with van der Waals surface area (Å²) in [6.07, 6.45) is 7.87. The van der Waals surface area contributed by atoms with Gasteiger partial charge in [-0.3, -0.25) is 9.78 Å². The Bertz CT molecular complexity index is 593. The van der Waals surface area contributed by atoms with Crippen molar-refractivity contribution in [3.63, 3.8) is 0 Å². The minimum absolute atomic E-state index is 0.0907. The molecule has 1 aromatic carbocycles. The van der Waals surface area contributed by atoms with Crippen LogP contribution in [-0.2, 0) is 12.8 Å². The van der Waals surface area contributed by atoms with Crippen molar-refractivity contribution in [1.29, 1.82) is 0 Å². The maximum Gasteiger partial charge on any atom is 0.257 e. The molecule has 0 unspecified atom stereocenters. The van der Waals surface area contributed by atoms with E-state index < -0.39 is 0 Å². The van der Waals surface area contributed by atoms with Crippen LogP contribution in [0.25, 0.3) is 0 Å². The number of aryl methyl sites for hydroxylation is 1. The molecule has 1 amide bonds. The molecule has 3 heteroatoms. The first-order valence-corrected chi connectivity index (χ1v) is 6.67. The van der Waals surface area contributed by atoms with E-state index in [1.54, 1.807) is 24.5 Å². The summed E-state index contributed by atoms with van der Waals surface area (Å²) >= 11 is 0. The zero-order chi connectivity index (χ0) is 13.1. The minimum Gasteiger partial charge on any atom is -0.322 e. The lowest BCUT2D eigenvalue weighted by molar-refractivity contribution is 0.102. The number of amides is 1. The van der Waals surface area contributed by atoms with Crippen LogP contribution >= 0.6 is 0 Å². The first kappa shape index (κ1) is 11.9. The molecule has 19 heavy (non-hydrogen) atoms. The van der Waals surface area contributed by atoms with E-state index in [0.717, 1.165) is 18.5 Å². The maximum absolute atomic E-state index is 12.1. The molecule has 96 valence electrons. The second-order valence-electron chi connectivity index (χ2n) is 4.85. The number of nitrogens with zero attached hydrogens (tertiary/aromatic N) is 1. The lowest BCUT2D eigenvalue weighted by Gasteiger charge is -2.19. The normalized spacial score (nSPS) is 13.7. The highest BCUT2D eigenvalue weighted by molar-refractivity contribution is 6.04. The van der Waals surface area contributed by atoms with Gasteiger partial charge in [0, 0.05) is 18.1 Å². The summed E-state index contributed by atoms with van der Waals surface area (Å²) in [7, 11) is 0. The van der Waals surface area contributed by atoms with Gasteiger partial charge in [-0.1, -0.05) is 12.1 Å². The summed E-state index contributed by atoms with van der Waals surface area (Å²) in [4.78, 5) is 16.1. The smallest absolute Gasteiger partial charge is 0.257 e. The number of nitrogens with one attached hydrogen (secondary N) is 1. The molecular formula is C16H16N2O. The van der Waals surface area contributed by atoms with Gasteiger partial charge in [-0.05, 0) is 55.0 Å². The maximum atomic E-state index is 12.1. The van der Waals surface area contributed by atoms with Gasteiger partial charge in [0.2, 0.25) is 0 Å². The standard InChI is InChI=1S/C16H16N2O/c19-16(13-7-4-10-17-11-13)18-15-9-3-6-12-5-1-2-8-14(12)15/h3-4,6-7,9-11H,1-2,5,8H2,(H,18,19). The number of anilines is 1. The third-order valence-corrected chi connectivity index (χ3v) is 3.57. The highest BCUT2D eigenvalue weighted by Gasteiger charge is 2.14. The minimum atomic E-state index is -0.0907. The molecule has 0 spiro atoms. The Balaban J connectivity index is 1.86. The monoisotopic (exact) mass is 252 g/mol. The summed E-state index contributed by atoms with van der Waals surface area (Å²) in [5.74, 6) is -0.0907. The second kappa shape index (κ2) is 5.22. The van der Waals surface area contributed by atoms with Crippen molar-refractivity contribution < 1.29 is 4.79 Å². The summed E-state index contributed by atoms with van der Waals surface area (Å²) < 4.78 is 0. The topological polar surface area (TPSA) is 42.0 Å². The van der Waals surface area contributed by atoms with Gasteiger partial charge in [0.1, 0.15) is 0 Å². The van der Waals surface area contributed by atoms with Crippen LogP contribution in [0.2, 0.25) is 0 Å². The van der Waals surface area contributed by atoms with E-state index in [1.165, 1.54) is 24.0 Å². The largest absolute Gasteiger partial charge is 0.322 e. The van der Waals surface area contributed by atoms with Crippen molar-refractivity contribution in [1.82, 2.24) is 4.98 Å². The van der Waals surface area contributed by atoms with Crippen LogP contribution in [0, 0.1) is 0 Å². The lowest BCUT2D eigenvalue weighted by atomic mass is 9.90. The zero-order valence-corrected chi connectivity index (χ0v) is 10.7. The van der Waals surface area contributed by atoms with E-state index in [-0.39, 0.29) is 5.91 Å². The highest BCUT2D eigenvalue weighted by Crippen LogP contribution is 2.28. The molecule has 0 saturated carbocycles. The van der Waals surface area contributed by atoms with E-state index in [9.17, 15) is 4.79 Å².